The number of carbonyl (C=O) groups excluding carboxylic acids is 2. The molecule has 1 atom stereocenters. The van der Waals surface area contributed by atoms with Crippen molar-refractivity contribution in [2.75, 3.05) is 13.7 Å². The molecule has 0 saturated heterocycles. The molecular weight excluding hydrogens is 258 g/mol. The van der Waals surface area contributed by atoms with Crippen LogP contribution in [-0.4, -0.2) is 36.7 Å². The van der Waals surface area contributed by atoms with E-state index in [9.17, 15) is 14.7 Å². The number of aliphatic hydroxyl groups excluding tert-OH is 1. The summed E-state index contributed by atoms with van der Waals surface area (Å²) < 4.78 is 4.41. The van der Waals surface area contributed by atoms with E-state index in [1.807, 2.05) is 30.3 Å². The Morgan fingerprint density at radius 1 is 1.35 bits per heavy atom. The molecule has 5 heteroatoms. The number of ether oxygens (including phenoxy) is 1. The van der Waals surface area contributed by atoms with Gasteiger partial charge in [-0.15, -0.1) is 0 Å². The third-order valence-corrected chi connectivity index (χ3v) is 3.90. The SMILES string of the molecule is COC(=O)C(O)CNC(=O)C1(c2ccccc2)CCC1. The van der Waals surface area contributed by atoms with Crippen molar-refractivity contribution in [3.63, 3.8) is 0 Å². The lowest BCUT2D eigenvalue weighted by atomic mass is 9.64. The first-order valence-electron chi connectivity index (χ1n) is 6.70. The Bertz CT molecular complexity index is 482. The molecule has 1 aliphatic carbocycles. The van der Waals surface area contributed by atoms with Gasteiger partial charge in [-0.25, -0.2) is 4.79 Å². The van der Waals surface area contributed by atoms with Crippen LogP contribution in [0.1, 0.15) is 24.8 Å². The Morgan fingerprint density at radius 2 is 2.00 bits per heavy atom. The van der Waals surface area contributed by atoms with Crippen molar-refractivity contribution in [2.45, 2.75) is 30.8 Å². The minimum atomic E-state index is -1.32. The Kier molecular flexibility index (Phi) is 4.39. The van der Waals surface area contributed by atoms with E-state index in [0.717, 1.165) is 24.8 Å². The molecule has 1 aromatic carbocycles. The summed E-state index contributed by atoms with van der Waals surface area (Å²) in [6, 6.07) is 9.61. The van der Waals surface area contributed by atoms with Gasteiger partial charge in [0.2, 0.25) is 5.91 Å². The fraction of sp³-hybridized carbons (Fsp3) is 0.467. The zero-order valence-corrected chi connectivity index (χ0v) is 11.5. The standard InChI is InChI=1S/C15H19NO4/c1-20-13(18)12(17)10-16-14(19)15(8-5-9-15)11-6-3-2-4-7-11/h2-4,6-7,12,17H,5,8-10H2,1H3,(H,16,19). The molecule has 1 aliphatic rings. The van der Waals surface area contributed by atoms with Crippen LogP contribution >= 0.6 is 0 Å². The summed E-state index contributed by atoms with van der Waals surface area (Å²) in [5, 5.41) is 12.2. The van der Waals surface area contributed by atoms with E-state index in [1.165, 1.54) is 7.11 Å². The van der Waals surface area contributed by atoms with E-state index >= 15 is 0 Å². The Morgan fingerprint density at radius 3 is 2.50 bits per heavy atom. The summed E-state index contributed by atoms with van der Waals surface area (Å²) in [7, 11) is 1.20. The van der Waals surface area contributed by atoms with Crippen LogP contribution in [0.2, 0.25) is 0 Å². The van der Waals surface area contributed by atoms with E-state index in [-0.39, 0.29) is 12.5 Å². The van der Waals surface area contributed by atoms with Crippen LogP contribution < -0.4 is 5.32 Å². The maximum absolute atomic E-state index is 12.4. The van der Waals surface area contributed by atoms with Gasteiger partial charge < -0.3 is 15.2 Å². The van der Waals surface area contributed by atoms with E-state index < -0.39 is 17.5 Å². The van der Waals surface area contributed by atoms with Crippen molar-refractivity contribution in [2.24, 2.45) is 0 Å². The molecular formula is C15H19NO4. The number of esters is 1. The van der Waals surface area contributed by atoms with Gasteiger partial charge in [0, 0.05) is 0 Å². The number of methoxy groups -OCH3 is 1. The summed E-state index contributed by atoms with van der Waals surface area (Å²) in [5.41, 5.74) is 0.466. The van der Waals surface area contributed by atoms with Crippen molar-refractivity contribution in [3.05, 3.63) is 35.9 Å². The second-order valence-corrected chi connectivity index (χ2v) is 5.05. The number of hydrogen-bond donors (Lipinski definition) is 2. The highest BCUT2D eigenvalue weighted by Gasteiger charge is 2.45. The fourth-order valence-corrected chi connectivity index (χ4v) is 2.51. The van der Waals surface area contributed by atoms with Crippen molar-refractivity contribution in [1.29, 1.82) is 0 Å². The number of amides is 1. The summed E-state index contributed by atoms with van der Waals surface area (Å²) in [6.45, 7) is -0.125. The molecule has 0 aromatic heterocycles. The average molecular weight is 277 g/mol. The van der Waals surface area contributed by atoms with Gasteiger partial charge in [0.1, 0.15) is 0 Å². The molecule has 0 aliphatic heterocycles. The second-order valence-electron chi connectivity index (χ2n) is 5.05. The number of benzene rings is 1. The second kappa shape index (κ2) is 6.05. The predicted molar refractivity (Wildman–Crippen MR) is 73.0 cm³/mol. The zero-order valence-electron chi connectivity index (χ0n) is 11.5. The maximum Gasteiger partial charge on any atom is 0.336 e. The van der Waals surface area contributed by atoms with Gasteiger partial charge in [-0.05, 0) is 18.4 Å². The minimum Gasteiger partial charge on any atom is -0.467 e. The molecule has 5 nitrogen and oxygen atoms in total. The quantitative estimate of drug-likeness (QED) is 0.779. The van der Waals surface area contributed by atoms with Crippen LogP contribution in [0.25, 0.3) is 0 Å². The van der Waals surface area contributed by atoms with Crippen molar-refractivity contribution >= 4 is 11.9 Å². The third-order valence-electron chi connectivity index (χ3n) is 3.90. The lowest BCUT2D eigenvalue weighted by Gasteiger charge is -2.40. The number of carbonyl (C=O) groups is 2. The van der Waals surface area contributed by atoms with Gasteiger partial charge in [-0.3, -0.25) is 4.79 Å². The van der Waals surface area contributed by atoms with Crippen LogP contribution in [-0.2, 0) is 19.7 Å². The third kappa shape index (κ3) is 2.67. The topological polar surface area (TPSA) is 75.6 Å². The first-order chi connectivity index (χ1) is 9.60. The molecule has 20 heavy (non-hydrogen) atoms. The molecule has 0 heterocycles. The van der Waals surface area contributed by atoms with Crippen molar-refractivity contribution in [1.82, 2.24) is 5.32 Å². The largest absolute Gasteiger partial charge is 0.467 e. The molecule has 2 N–H and O–H groups in total. The normalized spacial score (nSPS) is 17.7. The minimum absolute atomic E-state index is 0.125. The molecule has 2 rings (SSSR count). The highest BCUT2D eigenvalue weighted by atomic mass is 16.5. The van der Waals surface area contributed by atoms with Gasteiger partial charge >= 0.3 is 5.97 Å². The highest BCUT2D eigenvalue weighted by Crippen LogP contribution is 2.43. The number of nitrogens with one attached hydrogen (secondary N) is 1. The highest BCUT2D eigenvalue weighted by molar-refractivity contribution is 5.89. The predicted octanol–water partition coefficient (Wildman–Crippen LogP) is 0.758. The van der Waals surface area contributed by atoms with Gasteiger partial charge in [0.15, 0.2) is 6.10 Å². The van der Waals surface area contributed by atoms with Crippen LogP contribution in [0, 0.1) is 0 Å². The van der Waals surface area contributed by atoms with Gasteiger partial charge in [-0.2, -0.15) is 0 Å². The molecule has 1 saturated carbocycles. The van der Waals surface area contributed by atoms with E-state index in [1.54, 1.807) is 0 Å². The Labute approximate surface area is 117 Å². The summed E-state index contributed by atoms with van der Waals surface area (Å²) in [6.07, 6.45) is 1.26. The van der Waals surface area contributed by atoms with Crippen LogP contribution in [0.3, 0.4) is 0 Å². The lowest BCUT2D eigenvalue weighted by molar-refractivity contribution is -0.150. The molecule has 108 valence electrons. The molecule has 1 aromatic rings. The smallest absolute Gasteiger partial charge is 0.336 e. The lowest BCUT2D eigenvalue weighted by Crippen LogP contribution is -2.51. The first kappa shape index (κ1) is 14.5. The number of aliphatic hydroxyl groups is 1. The van der Waals surface area contributed by atoms with Crippen LogP contribution in [0.5, 0.6) is 0 Å². The van der Waals surface area contributed by atoms with Crippen LogP contribution in [0.15, 0.2) is 30.3 Å². The van der Waals surface area contributed by atoms with Crippen molar-refractivity contribution in [3.8, 4) is 0 Å². The van der Waals surface area contributed by atoms with Gasteiger partial charge in [0.05, 0.1) is 19.1 Å². The first-order valence-corrected chi connectivity index (χ1v) is 6.70. The van der Waals surface area contributed by atoms with Gasteiger partial charge in [0.25, 0.3) is 0 Å². The summed E-state index contributed by atoms with van der Waals surface area (Å²) >= 11 is 0. The molecule has 1 amide bonds. The average Bonchev–Trinajstić information content (AvgIpc) is 2.43. The molecule has 0 bridgehead atoms. The maximum atomic E-state index is 12.4. The summed E-state index contributed by atoms with van der Waals surface area (Å²) in [4.78, 5) is 23.5. The fourth-order valence-electron chi connectivity index (χ4n) is 2.51. The van der Waals surface area contributed by atoms with E-state index in [2.05, 4.69) is 10.1 Å². The van der Waals surface area contributed by atoms with Crippen LogP contribution in [0.4, 0.5) is 0 Å². The molecule has 0 radical (unpaired) electrons. The van der Waals surface area contributed by atoms with E-state index in [0.29, 0.717) is 0 Å². The van der Waals surface area contributed by atoms with Crippen molar-refractivity contribution < 1.29 is 19.4 Å². The summed E-state index contributed by atoms with van der Waals surface area (Å²) in [5.74, 6) is -0.884. The monoisotopic (exact) mass is 277 g/mol. The number of rotatable bonds is 5. The molecule has 0 spiro atoms. The molecule has 1 unspecified atom stereocenters. The zero-order chi connectivity index (χ0) is 14.6. The number of hydrogen-bond acceptors (Lipinski definition) is 4. The van der Waals surface area contributed by atoms with E-state index in [4.69, 9.17) is 0 Å². The Hall–Kier alpha value is -1.88. The molecule has 1 fully saturated rings. The Balaban J connectivity index is 2.02. The van der Waals surface area contributed by atoms with Gasteiger partial charge in [-0.1, -0.05) is 36.8 Å².